The fourth-order valence-electron chi connectivity index (χ4n) is 2.07. The van der Waals surface area contributed by atoms with Gasteiger partial charge in [-0.3, -0.25) is 0 Å². The minimum atomic E-state index is -0.118. The van der Waals surface area contributed by atoms with Gasteiger partial charge in [0, 0.05) is 0 Å². The molecule has 0 N–H and O–H groups in total. The SMILES string of the molecule is Bc1cc(CC=C)c(F)c(CC=C)c1CC=C. The summed E-state index contributed by atoms with van der Waals surface area (Å²) in [5.74, 6) is -0.118. The second kappa shape index (κ2) is 6.24. The summed E-state index contributed by atoms with van der Waals surface area (Å²) in [6, 6.07) is 1.91. The van der Waals surface area contributed by atoms with E-state index in [1.54, 1.807) is 12.2 Å². The molecule has 0 aromatic heterocycles. The first-order valence-electron chi connectivity index (χ1n) is 5.78. The standard InChI is InChI=1S/C15H18BF/c1-4-7-11-10-14(16)12(8-5-2)13(9-6-3)15(11)17/h4-6,10H,1-3,7-9,16H2. The molecule has 0 saturated heterocycles. The van der Waals surface area contributed by atoms with Crippen molar-refractivity contribution in [3.8, 4) is 0 Å². The number of hydrogen-bond acceptors (Lipinski definition) is 0. The Hall–Kier alpha value is -1.57. The average Bonchev–Trinajstić information content (AvgIpc) is 2.30. The zero-order valence-electron chi connectivity index (χ0n) is 10.4. The zero-order chi connectivity index (χ0) is 12.8. The van der Waals surface area contributed by atoms with Gasteiger partial charge >= 0.3 is 0 Å². The summed E-state index contributed by atoms with van der Waals surface area (Å²) in [6.07, 6.45) is 7.08. The van der Waals surface area contributed by atoms with Gasteiger partial charge in [0.15, 0.2) is 0 Å². The molecule has 0 atom stereocenters. The Morgan fingerprint density at radius 2 is 1.53 bits per heavy atom. The number of rotatable bonds is 6. The lowest BCUT2D eigenvalue weighted by atomic mass is 9.82. The summed E-state index contributed by atoms with van der Waals surface area (Å²) < 4.78 is 14.3. The molecular formula is C15H18BF. The Labute approximate surface area is 104 Å². The fourth-order valence-corrected chi connectivity index (χ4v) is 2.07. The van der Waals surface area contributed by atoms with Crippen LogP contribution in [0.5, 0.6) is 0 Å². The molecule has 0 bridgehead atoms. The van der Waals surface area contributed by atoms with Crippen molar-refractivity contribution in [2.24, 2.45) is 0 Å². The molecule has 0 amide bonds. The van der Waals surface area contributed by atoms with Gasteiger partial charge in [0.25, 0.3) is 0 Å². The van der Waals surface area contributed by atoms with Crippen LogP contribution in [0.3, 0.4) is 0 Å². The molecule has 0 aliphatic rings. The van der Waals surface area contributed by atoms with Crippen LogP contribution in [0.1, 0.15) is 16.7 Å². The van der Waals surface area contributed by atoms with E-state index in [9.17, 15) is 4.39 Å². The van der Waals surface area contributed by atoms with Crippen molar-refractivity contribution in [3.63, 3.8) is 0 Å². The number of benzene rings is 1. The van der Waals surface area contributed by atoms with Gasteiger partial charge in [-0.05, 0) is 36.0 Å². The van der Waals surface area contributed by atoms with Gasteiger partial charge in [-0.1, -0.05) is 29.8 Å². The molecule has 0 aliphatic heterocycles. The van der Waals surface area contributed by atoms with Crippen molar-refractivity contribution < 1.29 is 4.39 Å². The average molecular weight is 228 g/mol. The highest BCUT2D eigenvalue weighted by Gasteiger charge is 2.13. The molecule has 0 unspecified atom stereocenters. The van der Waals surface area contributed by atoms with E-state index in [-0.39, 0.29) is 5.82 Å². The lowest BCUT2D eigenvalue weighted by Crippen LogP contribution is -2.17. The summed E-state index contributed by atoms with van der Waals surface area (Å²) >= 11 is 0. The minimum absolute atomic E-state index is 0.118. The summed E-state index contributed by atoms with van der Waals surface area (Å²) in [5, 5.41) is 0. The molecule has 2 heteroatoms. The molecule has 17 heavy (non-hydrogen) atoms. The van der Waals surface area contributed by atoms with E-state index in [2.05, 4.69) is 19.7 Å². The molecule has 0 nitrogen and oxygen atoms in total. The van der Waals surface area contributed by atoms with Crippen LogP contribution in [0.15, 0.2) is 44.0 Å². The van der Waals surface area contributed by atoms with Gasteiger partial charge in [-0.15, -0.1) is 19.7 Å². The van der Waals surface area contributed by atoms with E-state index < -0.39 is 0 Å². The lowest BCUT2D eigenvalue weighted by Gasteiger charge is -2.14. The Kier molecular flexibility index (Phi) is 4.95. The van der Waals surface area contributed by atoms with Crippen molar-refractivity contribution in [3.05, 3.63) is 66.5 Å². The molecule has 88 valence electrons. The topological polar surface area (TPSA) is 0 Å². The number of halogens is 1. The molecule has 1 rings (SSSR count). The van der Waals surface area contributed by atoms with E-state index in [0.717, 1.165) is 16.6 Å². The molecule has 0 radical (unpaired) electrons. The monoisotopic (exact) mass is 228 g/mol. The van der Waals surface area contributed by atoms with E-state index in [4.69, 9.17) is 0 Å². The maximum absolute atomic E-state index is 14.3. The highest BCUT2D eigenvalue weighted by Crippen LogP contribution is 2.19. The van der Waals surface area contributed by atoms with Crippen molar-refractivity contribution in [2.75, 3.05) is 0 Å². The molecule has 1 aromatic carbocycles. The summed E-state index contributed by atoms with van der Waals surface area (Å²) in [4.78, 5) is 0. The summed E-state index contributed by atoms with van der Waals surface area (Å²) in [6.45, 7) is 11.1. The number of hydrogen-bond donors (Lipinski definition) is 0. The third-order valence-electron chi connectivity index (χ3n) is 2.84. The largest absolute Gasteiger partial charge is 0.206 e. The van der Waals surface area contributed by atoms with Gasteiger partial charge in [0.1, 0.15) is 13.7 Å². The van der Waals surface area contributed by atoms with Gasteiger partial charge in [-0.25, -0.2) is 4.39 Å². The summed E-state index contributed by atoms with van der Waals surface area (Å²) in [5.41, 5.74) is 3.60. The second-order valence-electron chi connectivity index (χ2n) is 4.10. The maximum Gasteiger partial charge on any atom is 0.139 e. The van der Waals surface area contributed by atoms with Crippen LogP contribution in [0, 0.1) is 5.82 Å². The van der Waals surface area contributed by atoms with Crippen molar-refractivity contribution in [2.45, 2.75) is 19.3 Å². The molecule has 0 heterocycles. The van der Waals surface area contributed by atoms with Crippen LogP contribution in [0.4, 0.5) is 4.39 Å². The van der Waals surface area contributed by atoms with Crippen molar-refractivity contribution in [1.82, 2.24) is 0 Å². The quantitative estimate of drug-likeness (QED) is 0.517. The van der Waals surface area contributed by atoms with Gasteiger partial charge in [0.2, 0.25) is 0 Å². The fraction of sp³-hybridized carbons (Fsp3) is 0.200. The highest BCUT2D eigenvalue weighted by molar-refractivity contribution is 6.33. The zero-order valence-corrected chi connectivity index (χ0v) is 10.4. The van der Waals surface area contributed by atoms with Crippen molar-refractivity contribution >= 4 is 13.3 Å². The van der Waals surface area contributed by atoms with Crippen LogP contribution in [-0.2, 0) is 19.3 Å². The van der Waals surface area contributed by atoms with E-state index in [1.165, 1.54) is 0 Å². The van der Waals surface area contributed by atoms with E-state index >= 15 is 0 Å². The van der Waals surface area contributed by atoms with Crippen LogP contribution in [0.25, 0.3) is 0 Å². The van der Waals surface area contributed by atoms with E-state index in [0.29, 0.717) is 24.8 Å². The van der Waals surface area contributed by atoms with Crippen molar-refractivity contribution in [1.29, 1.82) is 0 Å². The minimum Gasteiger partial charge on any atom is -0.206 e. The molecule has 0 fully saturated rings. The van der Waals surface area contributed by atoms with Crippen LogP contribution in [-0.4, -0.2) is 7.85 Å². The Bertz CT molecular complexity index is 447. The smallest absolute Gasteiger partial charge is 0.139 e. The second-order valence-corrected chi connectivity index (χ2v) is 4.10. The van der Waals surface area contributed by atoms with Gasteiger partial charge in [-0.2, -0.15) is 0 Å². The molecule has 0 saturated carbocycles. The predicted octanol–water partition coefficient (Wildman–Crippen LogP) is 2.27. The molecule has 0 spiro atoms. The normalized spacial score (nSPS) is 9.94. The highest BCUT2D eigenvalue weighted by atomic mass is 19.1. The van der Waals surface area contributed by atoms with Gasteiger partial charge in [0.05, 0.1) is 0 Å². The first-order chi connectivity index (χ1) is 8.15. The first-order valence-corrected chi connectivity index (χ1v) is 5.78. The van der Waals surface area contributed by atoms with E-state index in [1.807, 2.05) is 20.0 Å². The predicted molar refractivity (Wildman–Crippen MR) is 76.3 cm³/mol. The molecule has 1 aromatic rings. The maximum atomic E-state index is 14.3. The van der Waals surface area contributed by atoms with Gasteiger partial charge < -0.3 is 0 Å². The molecule has 0 aliphatic carbocycles. The lowest BCUT2D eigenvalue weighted by molar-refractivity contribution is 0.600. The van der Waals surface area contributed by atoms with Crippen LogP contribution >= 0.6 is 0 Å². The summed E-state index contributed by atoms with van der Waals surface area (Å²) in [7, 11) is 2.01. The number of allylic oxidation sites excluding steroid dienone is 3. The van der Waals surface area contributed by atoms with Crippen LogP contribution in [0.2, 0.25) is 0 Å². The Balaban J connectivity index is 3.39. The third kappa shape index (κ3) is 2.97. The third-order valence-corrected chi connectivity index (χ3v) is 2.84. The Morgan fingerprint density at radius 3 is 2.06 bits per heavy atom. The van der Waals surface area contributed by atoms with Crippen LogP contribution < -0.4 is 5.46 Å². The first kappa shape index (κ1) is 13.5. The Morgan fingerprint density at radius 1 is 1.00 bits per heavy atom. The molecular weight excluding hydrogens is 210 g/mol.